The lowest BCUT2D eigenvalue weighted by atomic mass is 9.90. The maximum atomic E-state index is 13.5. The molecule has 2 aliphatic heterocycles. The fraction of sp³-hybridized carbons (Fsp3) is 0.167. The summed E-state index contributed by atoms with van der Waals surface area (Å²) in [5, 5.41) is 22.5. The number of anilines is 2. The van der Waals surface area contributed by atoms with Gasteiger partial charge in [0.15, 0.2) is 17.6 Å². The van der Waals surface area contributed by atoms with Crippen LogP contribution in [0, 0.1) is 21.8 Å². The molecule has 0 bridgehead atoms. The maximum Gasteiger partial charge on any atom is 0.269 e. The molecule has 1 N–H and O–H groups in total. The third-order valence-corrected chi connectivity index (χ3v) is 6.06. The van der Waals surface area contributed by atoms with Gasteiger partial charge >= 0.3 is 0 Å². The van der Waals surface area contributed by atoms with E-state index in [1.807, 2.05) is 0 Å². The van der Waals surface area contributed by atoms with Gasteiger partial charge in [-0.2, -0.15) is 0 Å². The number of aromatic hydroxyl groups is 1. The monoisotopic (exact) mass is 479 g/mol. The number of imide groups is 1. The van der Waals surface area contributed by atoms with Gasteiger partial charge in [-0.1, -0.05) is 6.07 Å². The second-order valence-electron chi connectivity index (χ2n) is 8.02. The molecule has 2 aliphatic rings. The van der Waals surface area contributed by atoms with Crippen molar-refractivity contribution in [1.82, 2.24) is 0 Å². The summed E-state index contributed by atoms with van der Waals surface area (Å²) in [4.78, 5) is 44.3. The van der Waals surface area contributed by atoms with Crippen LogP contribution in [-0.2, 0) is 14.4 Å². The predicted molar refractivity (Wildman–Crippen MR) is 120 cm³/mol. The second-order valence-corrected chi connectivity index (χ2v) is 8.02. The van der Waals surface area contributed by atoms with E-state index < -0.39 is 40.6 Å². The number of carbonyl (C=O) groups is 2. The minimum atomic E-state index is -1.19. The number of fused-ring (bicyclic) bond motifs is 1. The number of phenols is 1. The summed E-state index contributed by atoms with van der Waals surface area (Å²) in [6.07, 6.45) is -1.19. The van der Waals surface area contributed by atoms with E-state index in [0.717, 1.165) is 17.0 Å². The van der Waals surface area contributed by atoms with Crippen molar-refractivity contribution >= 4 is 28.9 Å². The maximum absolute atomic E-state index is 13.5. The summed E-state index contributed by atoms with van der Waals surface area (Å²) in [6, 6.07) is 14.1. The molecule has 0 radical (unpaired) electrons. The Kier molecular flexibility index (Phi) is 5.33. The molecular formula is C24H18FN3O7. The number of non-ortho nitro benzene ring substituents is 1. The van der Waals surface area contributed by atoms with Gasteiger partial charge in [0.05, 0.1) is 29.4 Å². The number of methoxy groups -OCH3 is 1. The first-order chi connectivity index (χ1) is 16.8. The molecule has 0 saturated carbocycles. The molecule has 2 amide bonds. The molecule has 3 aromatic carbocycles. The van der Waals surface area contributed by atoms with Gasteiger partial charge in [-0.15, -0.1) is 0 Å². The zero-order chi connectivity index (χ0) is 24.9. The Hall–Kier alpha value is -4.51. The first-order valence-corrected chi connectivity index (χ1v) is 10.5. The Morgan fingerprint density at radius 2 is 1.66 bits per heavy atom. The molecular weight excluding hydrogens is 461 g/mol. The van der Waals surface area contributed by atoms with E-state index in [9.17, 15) is 29.2 Å². The van der Waals surface area contributed by atoms with E-state index in [-0.39, 0.29) is 22.9 Å². The first-order valence-electron chi connectivity index (χ1n) is 10.5. The molecule has 0 aliphatic carbocycles. The highest BCUT2D eigenvalue weighted by molar-refractivity contribution is 6.23. The first kappa shape index (κ1) is 22.3. The van der Waals surface area contributed by atoms with Gasteiger partial charge in [-0.05, 0) is 54.1 Å². The molecule has 2 fully saturated rings. The number of halogens is 1. The molecule has 0 unspecified atom stereocenters. The number of benzene rings is 3. The molecule has 2 saturated heterocycles. The van der Waals surface area contributed by atoms with Crippen LogP contribution in [0.5, 0.6) is 11.5 Å². The van der Waals surface area contributed by atoms with Crippen molar-refractivity contribution in [3.8, 4) is 11.5 Å². The molecule has 2 heterocycles. The lowest BCUT2D eigenvalue weighted by Crippen LogP contribution is -2.37. The van der Waals surface area contributed by atoms with E-state index in [1.54, 1.807) is 6.07 Å². The van der Waals surface area contributed by atoms with Gasteiger partial charge in [0.1, 0.15) is 11.7 Å². The number of amides is 2. The third kappa shape index (κ3) is 3.62. The quantitative estimate of drug-likeness (QED) is 0.335. The van der Waals surface area contributed by atoms with Crippen molar-refractivity contribution in [3.63, 3.8) is 0 Å². The number of nitro groups is 1. The topological polar surface area (TPSA) is 122 Å². The van der Waals surface area contributed by atoms with Crippen LogP contribution in [0.3, 0.4) is 0 Å². The highest BCUT2D eigenvalue weighted by atomic mass is 19.1. The third-order valence-electron chi connectivity index (χ3n) is 6.06. The summed E-state index contributed by atoms with van der Waals surface area (Å²) in [7, 11) is 1.38. The Balaban J connectivity index is 1.59. The number of hydrogen-bond acceptors (Lipinski definition) is 8. The normalized spacial score (nSPS) is 21.4. The van der Waals surface area contributed by atoms with Gasteiger partial charge in [-0.25, -0.2) is 14.4 Å². The molecule has 11 heteroatoms. The Morgan fingerprint density at radius 3 is 2.29 bits per heavy atom. The lowest BCUT2D eigenvalue weighted by molar-refractivity contribution is -0.384. The Morgan fingerprint density at radius 1 is 1.00 bits per heavy atom. The smallest absolute Gasteiger partial charge is 0.269 e. The van der Waals surface area contributed by atoms with Crippen LogP contribution in [0.25, 0.3) is 0 Å². The molecule has 178 valence electrons. The predicted octanol–water partition coefficient (Wildman–Crippen LogP) is 3.50. The van der Waals surface area contributed by atoms with Gasteiger partial charge in [0.25, 0.3) is 11.6 Å². The van der Waals surface area contributed by atoms with E-state index in [1.165, 1.54) is 60.7 Å². The number of phenolic OH excluding ortho intramolecular Hbond substituents is 1. The Labute approximate surface area is 197 Å². The molecule has 0 spiro atoms. The highest BCUT2D eigenvalue weighted by Crippen LogP contribution is 2.48. The summed E-state index contributed by atoms with van der Waals surface area (Å²) in [6.45, 7) is 0. The molecule has 10 nitrogen and oxygen atoms in total. The van der Waals surface area contributed by atoms with Crippen molar-refractivity contribution in [3.05, 3.63) is 88.2 Å². The number of ether oxygens (including phenoxy) is 1. The fourth-order valence-corrected chi connectivity index (χ4v) is 4.42. The fourth-order valence-electron chi connectivity index (χ4n) is 4.42. The van der Waals surface area contributed by atoms with Gasteiger partial charge < -0.3 is 9.84 Å². The number of carbonyl (C=O) groups excluding carboxylic acids is 2. The van der Waals surface area contributed by atoms with Gasteiger partial charge in [-0.3, -0.25) is 24.5 Å². The van der Waals surface area contributed by atoms with E-state index in [0.29, 0.717) is 11.3 Å². The summed E-state index contributed by atoms with van der Waals surface area (Å²) < 4.78 is 18.6. The number of hydrogen-bond donors (Lipinski definition) is 1. The number of hydroxylamine groups is 1. The average molecular weight is 479 g/mol. The van der Waals surface area contributed by atoms with E-state index in [4.69, 9.17) is 9.57 Å². The van der Waals surface area contributed by atoms with Crippen LogP contribution < -0.4 is 14.7 Å². The standard InChI is InChI=1S/C24H18FN3O7/c1-34-19-12-13(2-11-18(19)29)21-20-22(35-27(21)16-7-9-17(10-8-16)28(32)33)24(31)26(23(20)30)15-5-3-14(25)4-6-15/h2-12,20-22,29H,1H3/t20-,21-,22+/m1/s1. The zero-order valence-corrected chi connectivity index (χ0v) is 18.2. The second kappa shape index (κ2) is 8.37. The van der Waals surface area contributed by atoms with Crippen LogP contribution in [0.2, 0.25) is 0 Å². The largest absolute Gasteiger partial charge is 0.504 e. The number of rotatable bonds is 5. The Bertz CT molecular complexity index is 1330. The van der Waals surface area contributed by atoms with Crippen molar-refractivity contribution in [2.45, 2.75) is 12.1 Å². The van der Waals surface area contributed by atoms with Gasteiger partial charge in [0.2, 0.25) is 5.91 Å². The van der Waals surface area contributed by atoms with Crippen LogP contribution in [0.1, 0.15) is 11.6 Å². The number of nitro benzene ring substituents is 1. The van der Waals surface area contributed by atoms with E-state index in [2.05, 4.69) is 0 Å². The molecule has 35 heavy (non-hydrogen) atoms. The average Bonchev–Trinajstić information content (AvgIpc) is 3.36. The van der Waals surface area contributed by atoms with Crippen molar-refractivity contribution in [2.24, 2.45) is 5.92 Å². The van der Waals surface area contributed by atoms with Gasteiger partial charge in [0, 0.05) is 12.1 Å². The molecule has 3 atom stereocenters. The van der Waals surface area contributed by atoms with Crippen molar-refractivity contribution in [2.75, 3.05) is 17.1 Å². The SMILES string of the molecule is COc1cc([C@@H]2[C@H]3C(=O)N(c4ccc(F)cc4)C(=O)[C@H]3ON2c2ccc([N+](=O)[O-])cc2)ccc1O. The van der Waals surface area contributed by atoms with E-state index >= 15 is 0 Å². The number of nitrogens with zero attached hydrogens (tertiary/aromatic N) is 3. The lowest BCUT2D eigenvalue weighted by Gasteiger charge is -2.29. The minimum Gasteiger partial charge on any atom is -0.504 e. The van der Waals surface area contributed by atoms with Crippen LogP contribution in [0.4, 0.5) is 21.5 Å². The van der Waals surface area contributed by atoms with Crippen molar-refractivity contribution in [1.29, 1.82) is 0 Å². The zero-order valence-electron chi connectivity index (χ0n) is 18.2. The molecule has 5 rings (SSSR count). The summed E-state index contributed by atoms with van der Waals surface area (Å²) in [5.41, 5.74) is 0.970. The minimum absolute atomic E-state index is 0.115. The van der Waals surface area contributed by atoms with Crippen LogP contribution in [-0.4, -0.2) is 35.1 Å². The van der Waals surface area contributed by atoms with Crippen LogP contribution >= 0.6 is 0 Å². The van der Waals surface area contributed by atoms with Crippen molar-refractivity contribution < 1.29 is 33.6 Å². The van der Waals surface area contributed by atoms with Crippen LogP contribution in [0.15, 0.2) is 66.7 Å². The summed E-state index contributed by atoms with van der Waals surface area (Å²) >= 11 is 0. The summed E-state index contributed by atoms with van der Waals surface area (Å²) in [5.74, 6) is -2.63. The molecule has 0 aromatic heterocycles. The molecule has 3 aromatic rings. The highest BCUT2D eigenvalue weighted by Gasteiger charge is 2.60.